The van der Waals surface area contributed by atoms with E-state index in [-0.39, 0.29) is 5.56 Å². The minimum Gasteiger partial charge on any atom is -0.463 e. The number of halogens is 1. The number of nitrogens with zero attached hydrogens (tertiary/aromatic N) is 1. The van der Waals surface area contributed by atoms with Crippen molar-refractivity contribution < 1.29 is 23.8 Å². The third-order valence-corrected chi connectivity index (χ3v) is 4.07. The predicted molar refractivity (Wildman–Crippen MR) is 89.3 cm³/mol. The molecule has 1 aliphatic heterocycles. The molecule has 1 fully saturated rings. The first-order chi connectivity index (χ1) is 12.1. The Kier molecular flexibility index (Phi) is 5.65. The molecule has 0 aromatic carbocycles. The van der Waals surface area contributed by atoms with E-state index in [9.17, 15) is 19.5 Å². The van der Waals surface area contributed by atoms with Crippen molar-refractivity contribution in [2.75, 3.05) is 6.61 Å². The molecule has 2 rings (SSSR count). The van der Waals surface area contributed by atoms with Gasteiger partial charge in [-0.1, -0.05) is 20.4 Å². The minimum absolute atomic E-state index is 0.155. The van der Waals surface area contributed by atoms with Gasteiger partial charge in [0.15, 0.2) is 6.23 Å². The van der Waals surface area contributed by atoms with Crippen LogP contribution in [0.1, 0.15) is 25.6 Å². The average Bonchev–Trinajstić information content (AvgIpc) is 2.81. The highest BCUT2D eigenvalue weighted by Crippen LogP contribution is 2.42. The molecule has 26 heavy (non-hydrogen) atoms. The number of aliphatic hydroxyl groups is 1. The Morgan fingerprint density at radius 1 is 1.62 bits per heavy atom. The van der Waals surface area contributed by atoms with Gasteiger partial charge in [-0.25, -0.2) is 9.18 Å². The summed E-state index contributed by atoms with van der Waals surface area (Å²) < 4.78 is 26.8. The first kappa shape index (κ1) is 19.8. The largest absolute Gasteiger partial charge is 0.463 e. The zero-order valence-corrected chi connectivity index (χ0v) is 14.7. The number of nitrogens with one attached hydrogen (secondary N) is 1. The van der Waals surface area contributed by atoms with E-state index in [0.717, 1.165) is 16.8 Å². The molecule has 9 heteroatoms. The van der Waals surface area contributed by atoms with Gasteiger partial charge in [-0.2, -0.15) is 0 Å². The van der Waals surface area contributed by atoms with Crippen molar-refractivity contribution >= 4 is 5.97 Å². The molecule has 0 spiro atoms. The van der Waals surface area contributed by atoms with Gasteiger partial charge in [0.05, 0.1) is 5.92 Å². The number of ether oxygens (including phenoxy) is 2. The molecule has 1 aliphatic rings. The van der Waals surface area contributed by atoms with Crippen molar-refractivity contribution in [2.45, 2.75) is 44.9 Å². The van der Waals surface area contributed by atoms with Crippen LogP contribution in [0.4, 0.5) is 4.39 Å². The fraction of sp³-hybridized carbons (Fsp3) is 0.529. The molecule has 2 heterocycles. The van der Waals surface area contributed by atoms with Crippen LogP contribution in [0.3, 0.4) is 0 Å². The zero-order chi connectivity index (χ0) is 19.6. The number of carbonyl (C=O) groups excluding carboxylic acids is 1. The van der Waals surface area contributed by atoms with Gasteiger partial charge in [-0.05, 0) is 6.92 Å². The second-order valence-electron chi connectivity index (χ2n) is 6.41. The SMILES string of the molecule is C=C=C[C@@]1(F)[C@H](O)[C@@H](COC(=O)C(C)C)O[C@H]1n1cc(C)c(=O)[nH]c1=O. The molecule has 1 aromatic heterocycles. The fourth-order valence-electron chi connectivity index (χ4n) is 2.59. The molecule has 0 bridgehead atoms. The zero-order valence-electron chi connectivity index (χ0n) is 14.7. The lowest BCUT2D eigenvalue weighted by atomic mass is 9.96. The van der Waals surface area contributed by atoms with Crippen molar-refractivity contribution in [3.05, 3.63) is 51.0 Å². The maximum Gasteiger partial charge on any atom is 0.330 e. The number of aromatic nitrogens is 2. The van der Waals surface area contributed by atoms with Crippen LogP contribution in [-0.4, -0.2) is 45.1 Å². The number of aliphatic hydroxyl groups excluding tert-OH is 1. The molecule has 1 aromatic rings. The normalized spacial score (nSPS) is 28.0. The Bertz CT molecular complexity index is 854. The van der Waals surface area contributed by atoms with Crippen LogP contribution in [-0.2, 0) is 14.3 Å². The van der Waals surface area contributed by atoms with Crippen LogP contribution in [0, 0.1) is 12.8 Å². The summed E-state index contributed by atoms with van der Waals surface area (Å²) in [6.07, 6.45) is -2.60. The fourth-order valence-corrected chi connectivity index (χ4v) is 2.59. The van der Waals surface area contributed by atoms with E-state index in [1.165, 1.54) is 6.92 Å². The maximum atomic E-state index is 15.5. The smallest absolute Gasteiger partial charge is 0.330 e. The molecule has 0 radical (unpaired) electrons. The summed E-state index contributed by atoms with van der Waals surface area (Å²) in [5, 5.41) is 10.4. The highest BCUT2D eigenvalue weighted by atomic mass is 19.1. The topological polar surface area (TPSA) is 111 Å². The molecule has 142 valence electrons. The number of esters is 1. The number of rotatable bonds is 5. The Morgan fingerprint density at radius 3 is 2.85 bits per heavy atom. The molecule has 1 saturated heterocycles. The highest BCUT2D eigenvalue weighted by Gasteiger charge is 2.57. The van der Waals surface area contributed by atoms with Crippen LogP contribution in [0.15, 0.2) is 34.2 Å². The van der Waals surface area contributed by atoms with E-state index in [1.54, 1.807) is 13.8 Å². The molecular formula is C17H21FN2O6. The second-order valence-corrected chi connectivity index (χ2v) is 6.41. The summed E-state index contributed by atoms with van der Waals surface area (Å²) in [7, 11) is 0. The van der Waals surface area contributed by atoms with Crippen molar-refractivity contribution in [2.24, 2.45) is 5.92 Å². The first-order valence-electron chi connectivity index (χ1n) is 8.00. The summed E-state index contributed by atoms with van der Waals surface area (Å²) in [6, 6.07) is 0. The molecule has 0 unspecified atom stereocenters. The molecule has 2 N–H and O–H groups in total. The van der Waals surface area contributed by atoms with Crippen molar-refractivity contribution in [1.82, 2.24) is 9.55 Å². The number of aromatic amines is 1. The lowest BCUT2D eigenvalue weighted by molar-refractivity contribution is -0.153. The first-order valence-corrected chi connectivity index (χ1v) is 8.00. The van der Waals surface area contributed by atoms with E-state index in [2.05, 4.69) is 12.3 Å². The number of alkyl halides is 1. The Hall–Kier alpha value is -2.48. The van der Waals surface area contributed by atoms with Crippen LogP contribution in [0.2, 0.25) is 0 Å². The van der Waals surface area contributed by atoms with Gasteiger partial charge in [0.2, 0.25) is 5.67 Å². The second kappa shape index (κ2) is 7.41. The number of H-pyrrole nitrogens is 1. The van der Waals surface area contributed by atoms with Crippen LogP contribution in [0.25, 0.3) is 0 Å². The van der Waals surface area contributed by atoms with E-state index < -0.39 is 53.8 Å². The van der Waals surface area contributed by atoms with Gasteiger partial charge in [0.25, 0.3) is 5.56 Å². The van der Waals surface area contributed by atoms with Crippen LogP contribution < -0.4 is 11.2 Å². The summed E-state index contributed by atoms with van der Waals surface area (Å²) in [4.78, 5) is 37.3. The predicted octanol–water partition coefficient (Wildman–Crippen LogP) is 0.352. The van der Waals surface area contributed by atoms with E-state index in [4.69, 9.17) is 9.47 Å². The maximum absolute atomic E-state index is 15.5. The van der Waals surface area contributed by atoms with Crippen molar-refractivity contribution in [3.8, 4) is 0 Å². The summed E-state index contributed by atoms with van der Waals surface area (Å²) >= 11 is 0. The molecule has 8 nitrogen and oxygen atoms in total. The molecule has 0 saturated carbocycles. The highest BCUT2D eigenvalue weighted by molar-refractivity contribution is 5.71. The molecule has 4 atom stereocenters. The van der Waals surface area contributed by atoms with E-state index in [0.29, 0.717) is 0 Å². The number of aryl methyl sites for hydroxylation is 1. The standard InChI is InChI=1S/C17H21FN2O6/c1-5-6-17(18)12(21)11(8-25-14(23)9(2)3)26-15(17)20-7-10(4)13(22)19-16(20)24/h6-7,9,11-12,15,21H,1,8H2,2-4H3,(H,19,22,24)/t11-,12-,15-,17-/m1/s1. The molecule has 0 amide bonds. The van der Waals surface area contributed by atoms with Gasteiger partial charge in [-0.3, -0.25) is 19.1 Å². The summed E-state index contributed by atoms with van der Waals surface area (Å²) in [5.41, 5.74) is -1.69. The number of carbonyl (C=O) groups is 1. The van der Waals surface area contributed by atoms with Gasteiger partial charge in [-0.15, -0.1) is 5.73 Å². The van der Waals surface area contributed by atoms with Gasteiger partial charge >= 0.3 is 11.7 Å². The van der Waals surface area contributed by atoms with E-state index >= 15 is 4.39 Å². The number of hydrogen-bond acceptors (Lipinski definition) is 6. The van der Waals surface area contributed by atoms with Crippen molar-refractivity contribution in [1.29, 1.82) is 0 Å². The third-order valence-electron chi connectivity index (χ3n) is 4.07. The Balaban J connectivity index is 2.40. The number of hydrogen-bond donors (Lipinski definition) is 2. The Labute approximate surface area is 148 Å². The molecular weight excluding hydrogens is 347 g/mol. The van der Waals surface area contributed by atoms with Crippen molar-refractivity contribution in [3.63, 3.8) is 0 Å². The van der Waals surface area contributed by atoms with Crippen LogP contribution >= 0.6 is 0 Å². The third kappa shape index (κ3) is 3.55. The average molecular weight is 368 g/mol. The molecule has 0 aliphatic carbocycles. The van der Waals surface area contributed by atoms with E-state index in [1.807, 2.05) is 4.98 Å². The summed E-state index contributed by atoms with van der Waals surface area (Å²) in [5.74, 6) is -0.943. The summed E-state index contributed by atoms with van der Waals surface area (Å²) in [6.45, 7) is 7.58. The van der Waals surface area contributed by atoms with Gasteiger partial charge < -0.3 is 14.6 Å². The Morgan fingerprint density at radius 2 is 2.27 bits per heavy atom. The lowest BCUT2D eigenvalue weighted by Gasteiger charge is -2.25. The minimum atomic E-state index is -2.56. The monoisotopic (exact) mass is 368 g/mol. The quantitative estimate of drug-likeness (QED) is 0.573. The van der Waals surface area contributed by atoms with Gasteiger partial charge in [0, 0.05) is 17.8 Å². The van der Waals surface area contributed by atoms with Gasteiger partial charge in [0.1, 0.15) is 18.8 Å². The lowest BCUT2D eigenvalue weighted by Crippen LogP contribution is -2.45. The van der Waals surface area contributed by atoms with Crippen LogP contribution in [0.5, 0.6) is 0 Å².